The van der Waals surface area contributed by atoms with Gasteiger partial charge in [0.05, 0.1) is 0 Å². The first-order chi connectivity index (χ1) is 7.56. The van der Waals surface area contributed by atoms with Crippen molar-refractivity contribution in [3.05, 3.63) is 0 Å². The Morgan fingerprint density at radius 2 is 2.38 bits per heavy atom. The second-order valence-corrected chi connectivity index (χ2v) is 7.65. The van der Waals surface area contributed by atoms with Gasteiger partial charge in [-0.2, -0.15) is 12.6 Å². The van der Waals surface area contributed by atoms with Gasteiger partial charge in [0.25, 0.3) is 0 Å². The molecule has 0 amide bonds. The van der Waals surface area contributed by atoms with E-state index in [1.54, 1.807) is 0 Å². The minimum atomic E-state index is -2.99. The standard InChI is InChI=1S/C10H23NO3SSi/c1-3-10(15)5-7-16(12)13-6-4-9(2)8-11-14-16/h9-12,15H,3-8H2,1-2H3. The number of rotatable bonds is 4. The fourth-order valence-corrected chi connectivity index (χ4v) is 3.66. The van der Waals surface area contributed by atoms with Gasteiger partial charge in [-0.25, -0.2) is 5.48 Å². The molecule has 1 heterocycles. The van der Waals surface area contributed by atoms with Crippen molar-refractivity contribution < 1.29 is 13.7 Å². The van der Waals surface area contributed by atoms with Crippen molar-refractivity contribution in [2.45, 2.75) is 44.4 Å². The van der Waals surface area contributed by atoms with Gasteiger partial charge in [0.1, 0.15) is 0 Å². The molecule has 0 aliphatic carbocycles. The smallest absolute Gasteiger partial charge is 0.389 e. The van der Waals surface area contributed by atoms with E-state index in [1.807, 2.05) is 0 Å². The van der Waals surface area contributed by atoms with Gasteiger partial charge in [0, 0.05) is 24.4 Å². The largest absolute Gasteiger partial charge is 0.515 e. The summed E-state index contributed by atoms with van der Waals surface area (Å²) in [5.41, 5.74) is 2.83. The van der Waals surface area contributed by atoms with Gasteiger partial charge in [-0.1, -0.05) is 13.8 Å². The first-order valence-electron chi connectivity index (χ1n) is 6.01. The average molecular weight is 265 g/mol. The molecule has 1 aliphatic rings. The van der Waals surface area contributed by atoms with E-state index < -0.39 is 8.80 Å². The van der Waals surface area contributed by atoms with Gasteiger partial charge in [-0.15, -0.1) is 0 Å². The molecule has 4 nitrogen and oxygen atoms in total. The summed E-state index contributed by atoms with van der Waals surface area (Å²) < 4.78 is 10.8. The molecule has 3 unspecified atom stereocenters. The molecule has 0 aromatic rings. The molecule has 1 rings (SSSR count). The highest BCUT2D eigenvalue weighted by atomic mass is 32.1. The molecule has 3 atom stereocenters. The quantitative estimate of drug-likeness (QED) is 0.534. The average Bonchev–Trinajstić information content (AvgIpc) is 2.24. The summed E-state index contributed by atoms with van der Waals surface area (Å²) in [6.45, 7) is 5.58. The molecule has 96 valence electrons. The van der Waals surface area contributed by atoms with Crippen LogP contribution in [0, 0.1) is 5.92 Å². The Labute approximate surface area is 104 Å². The topological polar surface area (TPSA) is 50.7 Å². The van der Waals surface area contributed by atoms with Gasteiger partial charge in [0.15, 0.2) is 0 Å². The summed E-state index contributed by atoms with van der Waals surface area (Å²) >= 11 is 4.41. The lowest BCUT2D eigenvalue weighted by atomic mass is 10.1. The van der Waals surface area contributed by atoms with E-state index in [1.165, 1.54) is 0 Å². The van der Waals surface area contributed by atoms with Crippen molar-refractivity contribution in [3.63, 3.8) is 0 Å². The maximum absolute atomic E-state index is 10.2. The van der Waals surface area contributed by atoms with Crippen LogP contribution in [0.15, 0.2) is 0 Å². The lowest BCUT2D eigenvalue weighted by Crippen LogP contribution is -2.49. The summed E-state index contributed by atoms with van der Waals surface area (Å²) in [5.74, 6) is 0.520. The first kappa shape index (κ1) is 14.5. The third-order valence-electron chi connectivity index (χ3n) is 2.87. The van der Waals surface area contributed by atoms with Crippen molar-refractivity contribution in [1.82, 2.24) is 5.48 Å². The van der Waals surface area contributed by atoms with Crippen molar-refractivity contribution in [2.75, 3.05) is 13.2 Å². The van der Waals surface area contributed by atoms with Crippen LogP contribution in [0.4, 0.5) is 0 Å². The summed E-state index contributed by atoms with van der Waals surface area (Å²) in [6, 6.07) is 0.580. The number of hydrogen-bond acceptors (Lipinski definition) is 5. The van der Waals surface area contributed by atoms with E-state index in [0.29, 0.717) is 23.8 Å². The highest BCUT2D eigenvalue weighted by Gasteiger charge is 2.38. The van der Waals surface area contributed by atoms with Gasteiger partial charge in [0.2, 0.25) is 0 Å². The summed E-state index contributed by atoms with van der Waals surface area (Å²) in [5, 5.41) is 0.313. The highest BCUT2D eigenvalue weighted by Crippen LogP contribution is 2.19. The molecule has 0 aromatic heterocycles. The Morgan fingerprint density at radius 3 is 3.06 bits per heavy atom. The molecule has 1 fully saturated rings. The lowest BCUT2D eigenvalue weighted by Gasteiger charge is -2.28. The molecule has 0 bridgehead atoms. The fourth-order valence-electron chi connectivity index (χ4n) is 1.52. The van der Waals surface area contributed by atoms with Crippen LogP contribution in [0.3, 0.4) is 0 Å². The van der Waals surface area contributed by atoms with Crippen LogP contribution in [0.2, 0.25) is 6.04 Å². The minimum absolute atomic E-state index is 0.313. The monoisotopic (exact) mass is 265 g/mol. The maximum atomic E-state index is 10.2. The predicted octanol–water partition coefficient (Wildman–Crippen LogP) is 1.59. The molecule has 1 saturated heterocycles. The molecule has 1 aliphatic heterocycles. The third-order valence-corrected chi connectivity index (χ3v) is 5.53. The van der Waals surface area contributed by atoms with Gasteiger partial charge >= 0.3 is 8.80 Å². The maximum Gasteiger partial charge on any atom is 0.515 e. The van der Waals surface area contributed by atoms with Crippen LogP contribution in [0.1, 0.15) is 33.1 Å². The zero-order chi connectivity index (χ0) is 12.0. The number of hydroxylamine groups is 1. The first-order valence-corrected chi connectivity index (χ1v) is 8.49. The molecular formula is C10H23NO3SSi. The Kier molecular flexibility index (Phi) is 6.31. The molecule has 0 radical (unpaired) electrons. The Hall–Kier alpha value is 0.407. The summed E-state index contributed by atoms with van der Waals surface area (Å²) in [6.07, 6.45) is 2.79. The molecule has 2 N–H and O–H groups in total. The van der Waals surface area contributed by atoms with E-state index in [0.717, 1.165) is 25.8 Å². The molecule has 16 heavy (non-hydrogen) atoms. The molecule has 6 heteroatoms. The van der Waals surface area contributed by atoms with Crippen LogP contribution >= 0.6 is 12.6 Å². The second-order valence-electron chi connectivity index (χ2n) is 4.51. The number of hydrogen-bond donors (Lipinski definition) is 3. The third kappa shape index (κ3) is 5.16. The predicted molar refractivity (Wildman–Crippen MR) is 69.3 cm³/mol. The van der Waals surface area contributed by atoms with E-state index in [4.69, 9.17) is 8.95 Å². The van der Waals surface area contributed by atoms with Crippen molar-refractivity contribution in [1.29, 1.82) is 0 Å². The van der Waals surface area contributed by atoms with Gasteiger partial charge < -0.3 is 9.22 Å². The molecule has 0 aromatic carbocycles. The number of nitrogens with one attached hydrogen (secondary N) is 1. The van der Waals surface area contributed by atoms with E-state index >= 15 is 0 Å². The van der Waals surface area contributed by atoms with Crippen molar-refractivity contribution >= 4 is 21.4 Å². The minimum Gasteiger partial charge on any atom is -0.389 e. The molecular weight excluding hydrogens is 242 g/mol. The molecule has 0 saturated carbocycles. The molecule has 0 spiro atoms. The van der Waals surface area contributed by atoms with Gasteiger partial charge in [-0.05, 0) is 25.2 Å². The highest BCUT2D eigenvalue weighted by molar-refractivity contribution is 7.80. The van der Waals surface area contributed by atoms with E-state index in [9.17, 15) is 4.80 Å². The fraction of sp³-hybridized carbons (Fsp3) is 1.00. The summed E-state index contributed by atoms with van der Waals surface area (Å²) in [4.78, 5) is 10.2. The van der Waals surface area contributed by atoms with Crippen LogP contribution in [-0.4, -0.2) is 32.0 Å². The lowest BCUT2D eigenvalue weighted by molar-refractivity contribution is 0.0218. The summed E-state index contributed by atoms with van der Waals surface area (Å²) in [7, 11) is -2.99. The SMILES string of the molecule is CCC(S)CC[Si]1(O)OCCC(C)CNO1. The Morgan fingerprint density at radius 1 is 1.62 bits per heavy atom. The van der Waals surface area contributed by atoms with Gasteiger partial charge in [-0.3, -0.25) is 4.53 Å². The van der Waals surface area contributed by atoms with Crippen LogP contribution in [0.25, 0.3) is 0 Å². The zero-order valence-corrected chi connectivity index (χ0v) is 12.0. The van der Waals surface area contributed by atoms with Crippen LogP contribution in [-0.2, 0) is 8.95 Å². The van der Waals surface area contributed by atoms with Crippen LogP contribution in [0.5, 0.6) is 0 Å². The Bertz CT molecular complexity index is 199. The zero-order valence-electron chi connectivity index (χ0n) is 10.1. The Balaban J connectivity index is 2.36. The second kappa shape index (κ2) is 6.98. The normalized spacial score (nSPS) is 34.1. The van der Waals surface area contributed by atoms with E-state index in [-0.39, 0.29) is 0 Å². The number of thiol groups is 1. The van der Waals surface area contributed by atoms with Crippen LogP contribution < -0.4 is 5.48 Å². The van der Waals surface area contributed by atoms with E-state index in [2.05, 4.69) is 32.0 Å². The van der Waals surface area contributed by atoms with Crippen molar-refractivity contribution in [3.8, 4) is 0 Å². The van der Waals surface area contributed by atoms with Crippen molar-refractivity contribution in [2.24, 2.45) is 5.92 Å².